The first-order valence-corrected chi connectivity index (χ1v) is 12.4. The highest BCUT2D eigenvalue weighted by molar-refractivity contribution is 7.22. The Morgan fingerprint density at radius 1 is 1.09 bits per heavy atom. The van der Waals surface area contributed by atoms with Gasteiger partial charge in [-0.2, -0.15) is 0 Å². The van der Waals surface area contributed by atoms with Gasteiger partial charge >= 0.3 is 0 Å². The van der Waals surface area contributed by atoms with Gasteiger partial charge in [0.15, 0.2) is 0 Å². The highest BCUT2D eigenvalue weighted by Crippen LogP contribution is 2.41. The van der Waals surface area contributed by atoms with Crippen molar-refractivity contribution in [1.29, 1.82) is 0 Å². The lowest BCUT2D eigenvalue weighted by molar-refractivity contribution is 0.0374. The third kappa shape index (κ3) is 4.51. The summed E-state index contributed by atoms with van der Waals surface area (Å²) >= 11 is 1.57. The van der Waals surface area contributed by atoms with Crippen molar-refractivity contribution in [3.63, 3.8) is 0 Å². The Morgan fingerprint density at radius 3 is 2.73 bits per heavy atom. The second kappa shape index (κ2) is 9.59. The predicted octanol–water partition coefficient (Wildman–Crippen LogP) is 5.19. The molecule has 0 atom stereocenters. The van der Waals surface area contributed by atoms with Crippen molar-refractivity contribution in [3.05, 3.63) is 64.7 Å². The molecule has 1 aliphatic rings. The minimum absolute atomic E-state index is 0.00418. The molecule has 1 amide bonds. The number of nitrogens with zero attached hydrogens (tertiary/aromatic N) is 2. The van der Waals surface area contributed by atoms with Crippen molar-refractivity contribution in [3.8, 4) is 11.1 Å². The molecule has 5 rings (SSSR count). The summed E-state index contributed by atoms with van der Waals surface area (Å²) < 4.78 is 6.54. The van der Waals surface area contributed by atoms with E-state index in [0.717, 1.165) is 76.3 Å². The fraction of sp³-hybridized carbons (Fsp3) is 0.333. The molecule has 1 saturated heterocycles. The number of fused-ring (bicyclic) bond motifs is 3. The molecule has 1 N–H and O–H groups in total. The smallest absolute Gasteiger partial charge is 0.262 e. The van der Waals surface area contributed by atoms with Crippen LogP contribution in [0.3, 0.4) is 0 Å². The van der Waals surface area contributed by atoms with E-state index in [1.54, 1.807) is 11.3 Å². The van der Waals surface area contributed by atoms with Gasteiger partial charge in [0.25, 0.3) is 5.91 Å². The van der Waals surface area contributed by atoms with Gasteiger partial charge in [-0.05, 0) is 49.6 Å². The topological polar surface area (TPSA) is 54.5 Å². The minimum Gasteiger partial charge on any atom is -0.379 e. The molecule has 0 radical (unpaired) electrons. The first kappa shape index (κ1) is 22.0. The molecule has 1 fully saturated rings. The Bertz CT molecular complexity index is 1310. The summed E-state index contributed by atoms with van der Waals surface area (Å²) in [6.07, 6.45) is 2.86. The molecule has 2 aromatic carbocycles. The van der Waals surface area contributed by atoms with Gasteiger partial charge in [0.1, 0.15) is 4.88 Å². The zero-order valence-electron chi connectivity index (χ0n) is 19.2. The number of aromatic nitrogens is 1. The first-order chi connectivity index (χ1) is 16.1. The lowest BCUT2D eigenvalue weighted by atomic mass is 9.98. The number of thiophene rings is 1. The molecule has 6 heteroatoms. The van der Waals surface area contributed by atoms with E-state index in [4.69, 9.17) is 9.72 Å². The van der Waals surface area contributed by atoms with Crippen molar-refractivity contribution < 1.29 is 9.53 Å². The number of pyridine rings is 1. The number of carbonyl (C=O) groups is 1. The summed E-state index contributed by atoms with van der Waals surface area (Å²) in [7, 11) is 0. The molecule has 0 aliphatic carbocycles. The maximum atomic E-state index is 13.4. The molecule has 5 nitrogen and oxygen atoms in total. The Hall–Kier alpha value is -2.80. The van der Waals surface area contributed by atoms with Gasteiger partial charge < -0.3 is 10.1 Å². The number of para-hydroxylation sites is 1. The lowest BCUT2D eigenvalue weighted by Crippen LogP contribution is -2.38. The number of hydrogen-bond acceptors (Lipinski definition) is 5. The van der Waals surface area contributed by atoms with Gasteiger partial charge in [0.05, 0.1) is 18.7 Å². The van der Waals surface area contributed by atoms with Crippen molar-refractivity contribution in [2.75, 3.05) is 39.4 Å². The molecule has 3 heterocycles. The van der Waals surface area contributed by atoms with Gasteiger partial charge in [-0.25, -0.2) is 0 Å². The Labute approximate surface area is 198 Å². The van der Waals surface area contributed by atoms with Crippen molar-refractivity contribution in [2.24, 2.45) is 0 Å². The number of morpholine rings is 1. The molecule has 0 unspecified atom stereocenters. The number of hydrogen-bond donors (Lipinski definition) is 1. The zero-order chi connectivity index (χ0) is 22.8. The number of benzene rings is 2. The van der Waals surface area contributed by atoms with Gasteiger partial charge in [0, 0.05) is 46.9 Å². The molecule has 33 heavy (non-hydrogen) atoms. The molecule has 4 aromatic rings. The van der Waals surface area contributed by atoms with Crippen LogP contribution in [0.2, 0.25) is 0 Å². The summed E-state index contributed by atoms with van der Waals surface area (Å²) in [5.74, 6) is -0.00418. The quantitative estimate of drug-likeness (QED) is 0.404. The molecule has 2 aromatic heterocycles. The van der Waals surface area contributed by atoms with Crippen LogP contribution >= 0.6 is 11.3 Å². The molecular formula is C27H29N3O2S. The van der Waals surface area contributed by atoms with Gasteiger partial charge in [0.2, 0.25) is 0 Å². The normalized spacial score (nSPS) is 14.7. The molecule has 0 saturated carbocycles. The van der Waals surface area contributed by atoms with Crippen molar-refractivity contribution in [1.82, 2.24) is 15.2 Å². The zero-order valence-corrected chi connectivity index (χ0v) is 20.0. The SMILES string of the molecule is Cc1ccc(-c2c(C(=O)NCCCN3CCOCC3)sc3c2cnc2ccccc23)cc1C. The highest BCUT2D eigenvalue weighted by Gasteiger charge is 2.22. The van der Waals surface area contributed by atoms with Crippen LogP contribution in [0, 0.1) is 13.8 Å². The number of nitrogens with one attached hydrogen (secondary N) is 1. The average molecular weight is 460 g/mol. The first-order valence-electron chi connectivity index (χ1n) is 11.6. The number of ether oxygens (including phenoxy) is 1. The molecular weight excluding hydrogens is 430 g/mol. The Morgan fingerprint density at radius 2 is 1.91 bits per heavy atom. The van der Waals surface area contributed by atoms with Crippen LogP contribution in [0.25, 0.3) is 32.1 Å². The van der Waals surface area contributed by atoms with Crippen molar-refractivity contribution in [2.45, 2.75) is 20.3 Å². The standard InChI is InChI=1S/C27H29N3O2S/c1-18-8-9-20(16-19(18)2)24-22-17-29-23-7-4-3-6-21(23)25(22)33-26(24)27(31)28-10-5-11-30-12-14-32-15-13-30/h3-4,6-9,16-17H,5,10-15H2,1-2H3,(H,28,31). The second-order valence-corrected chi connectivity index (χ2v) is 9.71. The maximum Gasteiger partial charge on any atom is 0.262 e. The number of aryl methyl sites for hydroxylation is 2. The number of amides is 1. The predicted molar refractivity (Wildman–Crippen MR) is 136 cm³/mol. The van der Waals surface area contributed by atoms with Crippen LogP contribution in [0.5, 0.6) is 0 Å². The second-order valence-electron chi connectivity index (χ2n) is 8.69. The van der Waals surface area contributed by atoms with Crippen LogP contribution < -0.4 is 5.32 Å². The number of carbonyl (C=O) groups excluding carboxylic acids is 1. The third-order valence-electron chi connectivity index (χ3n) is 6.47. The summed E-state index contributed by atoms with van der Waals surface area (Å²) in [6.45, 7) is 9.42. The van der Waals surface area contributed by atoms with Gasteiger partial charge in [-0.15, -0.1) is 11.3 Å². The van der Waals surface area contributed by atoms with Crippen LogP contribution in [0.4, 0.5) is 0 Å². The van der Waals surface area contributed by atoms with Crippen LogP contribution in [-0.2, 0) is 4.74 Å². The van der Waals surface area contributed by atoms with Crippen LogP contribution in [0.1, 0.15) is 27.2 Å². The van der Waals surface area contributed by atoms with E-state index in [1.807, 2.05) is 24.4 Å². The van der Waals surface area contributed by atoms with Crippen LogP contribution in [-0.4, -0.2) is 55.2 Å². The summed E-state index contributed by atoms with van der Waals surface area (Å²) in [5, 5.41) is 5.31. The largest absolute Gasteiger partial charge is 0.379 e. The fourth-order valence-electron chi connectivity index (χ4n) is 4.43. The van der Waals surface area contributed by atoms with Gasteiger partial charge in [-0.1, -0.05) is 36.4 Å². The number of rotatable bonds is 6. The highest BCUT2D eigenvalue weighted by atomic mass is 32.1. The van der Waals surface area contributed by atoms with E-state index >= 15 is 0 Å². The third-order valence-corrected chi connectivity index (χ3v) is 7.71. The van der Waals surface area contributed by atoms with Crippen molar-refractivity contribution >= 4 is 38.2 Å². The molecule has 1 aliphatic heterocycles. The molecule has 0 bridgehead atoms. The average Bonchev–Trinajstić information content (AvgIpc) is 3.24. The van der Waals surface area contributed by atoms with Crippen LogP contribution in [0.15, 0.2) is 48.7 Å². The van der Waals surface area contributed by atoms with E-state index in [1.165, 1.54) is 11.1 Å². The van der Waals surface area contributed by atoms with E-state index in [0.29, 0.717) is 6.54 Å². The molecule has 170 valence electrons. The lowest BCUT2D eigenvalue weighted by Gasteiger charge is -2.26. The monoisotopic (exact) mass is 459 g/mol. The Balaban J connectivity index is 1.47. The van der Waals surface area contributed by atoms with E-state index in [9.17, 15) is 4.79 Å². The summed E-state index contributed by atoms with van der Waals surface area (Å²) in [4.78, 5) is 21.2. The van der Waals surface area contributed by atoms with E-state index in [2.05, 4.69) is 48.3 Å². The van der Waals surface area contributed by atoms with E-state index in [-0.39, 0.29) is 5.91 Å². The maximum absolute atomic E-state index is 13.4. The fourth-order valence-corrected chi connectivity index (χ4v) is 5.68. The van der Waals surface area contributed by atoms with Gasteiger partial charge in [-0.3, -0.25) is 14.7 Å². The minimum atomic E-state index is -0.00418. The van der Waals surface area contributed by atoms with E-state index < -0.39 is 0 Å². The summed E-state index contributed by atoms with van der Waals surface area (Å²) in [6, 6.07) is 14.6. The Kier molecular flexibility index (Phi) is 6.40. The summed E-state index contributed by atoms with van der Waals surface area (Å²) in [5.41, 5.74) is 5.48. The molecule has 0 spiro atoms.